The molecule has 0 saturated carbocycles. The van der Waals surface area contributed by atoms with Crippen LogP contribution in [0.15, 0.2) is 53.0 Å². The van der Waals surface area contributed by atoms with E-state index >= 15 is 0 Å². The smallest absolute Gasteiger partial charge is 0.227 e. The van der Waals surface area contributed by atoms with Crippen molar-refractivity contribution < 1.29 is 18.7 Å². The maximum atomic E-state index is 13.1. The zero-order valence-electron chi connectivity index (χ0n) is 17.4. The van der Waals surface area contributed by atoms with Crippen molar-refractivity contribution in [2.24, 2.45) is 0 Å². The monoisotopic (exact) mass is 520 g/mol. The predicted molar refractivity (Wildman–Crippen MR) is 125 cm³/mol. The highest BCUT2D eigenvalue weighted by molar-refractivity contribution is 9.10. The fourth-order valence-electron chi connectivity index (χ4n) is 2.88. The third-order valence-electron chi connectivity index (χ3n) is 4.54. The molecule has 0 aliphatic rings. The first-order chi connectivity index (χ1) is 15.4. The summed E-state index contributed by atoms with van der Waals surface area (Å²) in [7, 11) is 1.55. The lowest BCUT2D eigenvalue weighted by Gasteiger charge is -2.22. The number of methoxy groups -OCH3 is 1. The van der Waals surface area contributed by atoms with Crippen molar-refractivity contribution in [3.05, 3.63) is 64.4 Å². The minimum atomic E-state index is -0.353. The molecule has 168 valence electrons. The van der Waals surface area contributed by atoms with Gasteiger partial charge in [0.25, 0.3) is 0 Å². The Kier molecular flexibility index (Phi) is 8.83. The molecule has 32 heavy (non-hydrogen) atoms. The number of nitrogens with one attached hydrogen (secondary N) is 1. The summed E-state index contributed by atoms with van der Waals surface area (Å²) in [6.07, 6.45) is 0.225. The van der Waals surface area contributed by atoms with Gasteiger partial charge in [0.05, 0.1) is 13.0 Å². The van der Waals surface area contributed by atoms with Crippen molar-refractivity contribution in [3.8, 4) is 10.6 Å². The van der Waals surface area contributed by atoms with Crippen LogP contribution in [0.4, 0.5) is 9.52 Å². The fraction of sp³-hybridized carbons (Fsp3) is 0.273. The van der Waals surface area contributed by atoms with Gasteiger partial charge in [-0.2, -0.15) is 0 Å². The molecule has 0 unspecified atom stereocenters. The average Bonchev–Trinajstić information content (AvgIpc) is 3.24. The molecular weight excluding hydrogens is 499 g/mol. The van der Waals surface area contributed by atoms with E-state index in [4.69, 9.17) is 4.74 Å². The van der Waals surface area contributed by atoms with Crippen molar-refractivity contribution in [2.45, 2.75) is 12.8 Å². The highest BCUT2D eigenvalue weighted by Crippen LogP contribution is 2.28. The molecule has 1 heterocycles. The molecule has 0 aliphatic carbocycles. The Morgan fingerprint density at radius 2 is 1.94 bits per heavy atom. The minimum Gasteiger partial charge on any atom is -0.383 e. The molecule has 0 bridgehead atoms. The summed E-state index contributed by atoms with van der Waals surface area (Å²) in [6.45, 7) is 0.936. The standard InChI is InChI=1S/C22H22BrFN4O3S/c1-31-12-11-28(20(30)13-15-5-7-18(24)8-6-15)10-9-19(29)25-22-27-26-21(32-22)16-3-2-4-17(23)14-16/h2-8,14H,9-13H2,1H3,(H,25,27,29). The molecule has 3 aromatic rings. The number of anilines is 1. The number of amides is 2. The van der Waals surface area contributed by atoms with Gasteiger partial charge in [-0.05, 0) is 29.8 Å². The van der Waals surface area contributed by atoms with Gasteiger partial charge < -0.3 is 15.0 Å². The lowest BCUT2D eigenvalue weighted by atomic mass is 10.1. The third-order valence-corrected chi connectivity index (χ3v) is 5.92. The number of rotatable bonds is 10. The Bertz CT molecular complexity index is 1060. The molecule has 0 spiro atoms. The van der Waals surface area contributed by atoms with E-state index in [-0.39, 0.29) is 37.0 Å². The second-order valence-electron chi connectivity index (χ2n) is 6.90. The lowest BCUT2D eigenvalue weighted by molar-refractivity contribution is -0.131. The van der Waals surface area contributed by atoms with Gasteiger partial charge in [-0.15, -0.1) is 10.2 Å². The number of nitrogens with zero attached hydrogens (tertiary/aromatic N) is 3. The Balaban J connectivity index is 1.55. The molecule has 0 aliphatic heterocycles. The van der Waals surface area contributed by atoms with Crippen molar-refractivity contribution >= 4 is 44.2 Å². The quantitative estimate of drug-likeness (QED) is 0.434. The molecule has 10 heteroatoms. The number of ether oxygens (including phenoxy) is 1. The molecule has 3 rings (SSSR count). The summed E-state index contributed by atoms with van der Waals surface area (Å²) in [5, 5.41) is 12.0. The highest BCUT2D eigenvalue weighted by atomic mass is 79.9. The maximum absolute atomic E-state index is 13.1. The van der Waals surface area contributed by atoms with Gasteiger partial charge in [-0.3, -0.25) is 9.59 Å². The second-order valence-corrected chi connectivity index (χ2v) is 8.79. The zero-order valence-corrected chi connectivity index (χ0v) is 19.8. The van der Waals surface area contributed by atoms with Crippen LogP contribution in [0, 0.1) is 5.82 Å². The average molecular weight is 521 g/mol. The van der Waals surface area contributed by atoms with Crippen LogP contribution in [0.3, 0.4) is 0 Å². The van der Waals surface area contributed by atoms with Gasteiger partial charge in [0.2, 0.25) is 16.9 Å². The van der Waals surface area contributed by atoms with Gasteiger partial charge in [-0.25, -0.2) is 4.39 Å². The van der Waals surface area contributed by atoms with E-state index in [0.717, 1.165) is 10.0 Å². The van der Waals surface area contributed by atoms with E-state index < -0.39 is 0 Å². The van der Waals surface area contributed by atoms with Gasteiger partial charge in [-0.1, -0.05) is 51.5 Å². The predicted octanol–water partition coefficient (Wildman–Crippen LogP) is 4.15. The molecule has 0 fully saturated rings. The molecule has 1 aromatic heterocycles. The number of hydrogen-bond acceptors (Lipinski definition) is 6. The van der Waals surface area contributed by atoms with Crippen LogP contribution in [-0.2, 0) is 20.7 Å². The number of carbonyl (C=O) groups excluding carboxylic acids is 2. The fourth-order valence-corrected chi connectivity index (χ4v) is 4.04. The van der Waals surface area contributed by atoms with E-state index in [1.165, 1.54) is 23.5 Å². The van der Waals surface area contributed by atoms with Crippen molar-refractivity contribution in [2.75, 3.05) is 32.1 Å². The number of aromatic nitrogens is 2. The van der Waals surface area contributed by atoms with Crippen LogP contribution in [0.5, 0.6) is 0 Å². The van der Waals surface area contributed by atoms with Crippen LogP contribution in [0.2, 0.25) is 0 Å². The first-order valence-corrected chi connectivity index (χ1v) is 11.5. The Morgan fingerprint density at radius 3 is 2.66 bits per heavy atom. The minimum absolute atomic E-state index is 0.102. The molecule has 2 amide bonds. The normalized spacial score (nSPS) is 10.7. The Morgan fingerprint density at radius 1 is 1.16 bits per heavy atom. The molecule has 0 radical (unpaired) electrons. The topological polar surface area (TPSA) is 84.4 Å². The molecule has 0 saturated heterocycles. The van der Waals surface area contributed by atoms with Crippen LogP contribution < -0.4 is 5.32 Å². The third kappa shape index (κ3) is 7.18. The molecule has 7 nitrogen and oxygen atoms in total. The molecule has 2 aromatic carbocycles. The van der Waals surface area contributed by atoms with Crippen molar-refractivity contribution in [1.29, 1.82) is 0 Å². The summed E-state index contributed by atoms with van der Waals surface area (Å²) in [4.78, 5) is 26.7. The van der Waals surface area contributed by atoms with Crippen LogP contribution in [-0.4, -0.2) is 53.7 Å². The van der Waals surface area contributed by atoms with Gasteiger partial charge in [0.15, 0.2) is 0 Å². The van der Waals surface area contributed by atoms with E-state index in [1.807, 2.05) is 24.3 Å². The van der Waals surface area contributed by atoms with E-state index in [9.17, 15) is 14.0 Å². The first kappa shape index (κ1) is 24.0. The molecule has 1 N–H and O–H groups in total. The van der Waals surface area contributed by atoms with Gasteiger partial charge in [0, 0.05) is 36.7 Å². The van der Waals surface area contributed by atoms with E-state index in [2.05, 4.69) is 31.4 Å². The summed E-state index contributed by atoms with van der Waals surface area (Å²) < 4.78 is 19.1. The summed E-state index contributed by atoms with van der Waals surface area (Å²) in [5.74, 6) is -0.776. The van der Waals surface area contributed by atoms with Crippen LogP contribution in [0.1, 0.15) is 12.0 Å². The first-order valence-electron chi connectivity index (χ1n) is 9.85. The summed E-state index contributed by atoms with van der Waals surface area (Å²) in [5.41, 5.74) is 1.60. The summed E-state index contributed by atoms with van der Waals surface area (Å²) >= 11 is 4.70. The van der Waals surface area contributed by atoms with E-state index in [0.29, 0.717) is 28.9 Å². The largest absolute Gasteiger partial charge is 0.383 e. The van der Waals surface area contributed by atoms with Crippen molar-refractivity contribution in [3.63, 3.8) is 0 Å². The molecule has 0 atom stereocenters. The number of hydrogen-bond donors (Lipinski definition) is 1. The highest BCUT2D eigenvalue weighted by Gasteiger charge is 2.17. The number of halogens is 2. The van der Waals surface area contributed by atoms with Crippen molar-refractivity contribution in [1.82, 2.24) is 15.1 Å². The molecular formula is C22H22BrFN4O3S. The van der Waals surface area contributed by atoms with Crippen LogP contribution in [0.25, 0.3) is 10.6 Å². The second kappa shape index (κ2) is 11.8. The maximum Gasteiger partial charge on any atom is 0.227 e. The zero-order chi connectivity index (χ0) is 22.9. The van der Waals surface area contributed by atoms with Gasteiger partial charge in [0.1, 0.15) is 10.8 Å². The van der Waals surface area contributed by atoms with Gasteiger partial charge >= 0.3 is 0 Å². The van der Waals surface area contributed by atoms with Crippen LogP contribution >= 0.6 is 27.3 Å². The summed E-state index contributed by atoms with van der Waals surface area (Å²) in [6, 6.07) is 13.4. The number of benzene rings is 2. The Labute approximate surface area is 197 Å². The SMILES string of the molecule is COCCN(CCC(=O)Nc1nnc(-c2cccc(Br)c2)s1)C(=O)Cc1ccc(F)cc1. The number of carbonyl (C=O) groups is 2. The Hall–Kier alpha value is -2.69. The lowest BCUT2D eigenvalue weighted by Crippen LogP contribution is -2.37. The van der Waals surface area contributed by atoms with E-state index in [1.54, 1.807) is 24.1 Å².